The zero-order valence-electron chi connectivity index (χ0n) is 13.1. The molecule has 3 heterocycles. The van der Waals surface area contributed by atoms with Gasteiger partial charge in [-0.15, -0.1) is 0 Å². The number of rotatable bonds is 4. The fourth-order valence-corrected chi connectivity index (χ4v) is 3.19. The summed E-state index contributed by atoms with van der Waals surface area (Å²) in [5.74, 6) is 1.78. The quantitative estimate of drug-likeness (QED) is 0.835. The second kappa shape index (κ2) is 5.99. The molecule has 114 valence electrons. The Labute approximate surface area is 126 Å². The van der Waals surface area contributed by atoms with Crippen molar-refractivity contribution < 1.29 is 0 Å². The minimum absolute atomic E-state index is 0.618. The molecular weight excluding hydrogens is 264 g/mol. The lowest BCUT2D eigenvalue weighted by molar-refractivity contribution is 0.194. The molecule has 0 N–H and O–H groups in total. The smallest absolute Gasteiger partial charge is 0.122 e. The molecule has 6 nitrogen and oxygen atoms in total. The maximum absolute atomic E-state index is 4.51. The zero-order valence-corrected chi connectivity index (χ0v) is 13.1. The summed E-state index contributed by atoms with van der Waals surface area (Å²) >= 11 is 0. The number of aromatic nitrogens is 4. The van der Waals surface area contributed by atoms with Crippen molar-refractivity contribution in [1.29, 1.82) is 0 Å². The van der Waals surface area contributed by atoms with Gasteiger partial charge in [-0.2, -0.15) is 5.10 Å². The van der Waals surface area contributed by atoms with Crippen LogP contribution < -0.4 is 0 Å². The molecule has 2 aromatic heterocycles. The van der Waals surface area contributed by atoms with Crippen LogP contribution in [0.15, 0.2) is 24.8 Å². The Morgan fingerprint density at radius 3 is 2.90 bits per heavy atom. The lowest BCUT2D eigenvalue weighted by Crippen LogP contribution is -2.33. The van der Waals surface area contributed by atoms with Crippen molar-refractivity contribution >= 4 is 0 Å². The highest BCUT2D eigenvalue weighted by molar-refractivity contribution is 5.05. The average molecular weight is 288 g/mol. The van der Waals surface area contributed by atoms with Gasteiger partial charge in [-0.3, -0.25) is 9.58 Å². The van der Waals surface area contributed by atoms with E-state index in [0.717, 1.165) is 32.7 Å². The van der Waals surface area contributed by atoms with Crippen molar-refractivity contribution in [2.45, 2.75) is 19.6 Å². The average Bonchev–Trinajstić information content (AvgIpc) is 2.95. The first kappa shape index (κ1) is 14.3. The topological polar surface area (TPSA) is 42.1 Å². The Kier molecular flexibility index (Phi) is 4.07. The van der Waals surface area contributed by atoms with Crippen LogP contribution in [0, 0.1) is 5.92 Å². The molecule has 0 spiro atoms. The fourth-order valence-electron chi connectivity index (χ4n) is 3.19. The Bertz CT molecular complexity index is 585. The lowest BCUT2D eigenvalue weighted by atomic mass is 10.1. The van der Waals surface area contributed by atoms with Crippen molar-refractivity contribution in [1.82, 2.24) is 29.1 Å². The Hall–Kier alpha value is -1.66. The van der Waals surface area contributed by atoms with E-state index in [2.05, 4.69) is 50.9 Å². The zero-order chi connectivity index (χ0) is 14.8. The maximum atomic E-state index is 4.51. The highest BCUT2D eigenvalue weighted by Gasteiger charge is 2.23. The van der Waals surface area contributed by atoms with Gasteiger partial charge in [0.05, 0.1) is 12.7 Å². The lowest BCUT2D eigenvalue weighted by Gasteiger charge is -2.25. The summed E-state index contributed by atoms with van der Waals surface area (Å²) in [5, 5.41) is 4.27. The third-order valence-electron chi connectivity index (χ3n) is 3.93. The largest absolute Gasteiger partial charge is 0.333 e. The summed E-state index contributed by atoms with van der Waals surface area (Å²) in [7, 11) is 6.25. The summed E-state index contributed by atoms with van der Waals surface area (Å²) in [5.41, 5.74) is 1.26. The van der Waals surface area contributed by atoms with Crippen molar-refractivity contribution in [3.05, 3.63) is 36.2 Å². The third-order valence-corrected chi connectivity index (χ3v) is 3.93. The van der Waals surface area contributed by atoms with Gasteiger partial charge in [-0.05, 0) is 14.1 Å². The molecule has 0 unspecified atom stereocenters. The molecule has 2 aromatic rings. The van der Waals surface area contributed by atoms with Crippen LogP contribution in [0.4, 0.5) is 0 Å². The minimum atomic E-state index is 0.618. The second-order valence-corrected chi connectivity index (χ2v) is 6.32. The molecule has 0 radical (unpaired) electrons. The molecule has 1 aliphatic rings. The van der Waals surface area contributed by atoms with E-state index >= 15 is 0 Å². The van der Waals surface area contributed by atoms with Crippen LogP contribution in [-0.4, -0.2) is 56.3 Å². The molecule has 0 aliphatic carbocycles. The van der Waals surface area contributed by atoms with Crippen LogP contribution >= 0.6 is 0 Å². The molecule has 0 aromatic carbocycles. The number of imidazole rings is 1. The highest BCUT2D eigenvalue weighted by atomic mass is 15.3. The molecule has 0 bridgehead atoms. The predicted octanol–water partition coefficient (Wildman–Crippen LogP) is 0.810. The molecular formula is C15H24N6. The molecule has 0 saturated carbocycles. The Morgan fingerprint density at radius 2 is 2.19 bits per heavy atom. The first-order valence-corrected chi connectivity index (χ1v) is 7.45. The van der Waals surface area contributed by atoms with Crippen LogP contribution in [0.1, 0.15) is 11.4 Å². The van der Waals surface area contributed by atoms with Gasteiger partial charge in [0, 0.05) is 63.3 Å². The summed E-state index contributed by atoms with van der Waals surface area (Å²) in [6.07, 6.45) is 8.07. The van der Waals surface area contributed by atoms with E-state index in [1.54, 1.807) is 0 Å². The monoisotopic (exact) mass is 288 g/mol. The summed E-state index contributed by atoms with van der Waals surface area (Å²) in [6, 6.07) is 0. The molecule has 0 amide bonds. The van der Waals surface area contributed by atoms with E-state index in [1.165, 1.54) is 11.4 Å². The van der Waals surface area contributed by atoms with E-state index in [4.69, 9.17) is 0 Å². The van der Waals surface area contributed by atoms with E-state index in [0.29, 0.717) is 5.92 Å². The standard InChI is InChI=1S/C15H24N6/c1-18(2)7-14-10-20(9-13-6-17-19(3)8-13)12-15-16-4-5-21(15)11-14/h4-6,8,14H,7,9-12H2,1-3H3/t14-/m1/s1. The number of hydrogen-bond acceptors (Lipinski definition) is 4. The van der Waals surface area contributed by atoms with Crippen molar-refractivity contribution in [2.75, 3.05) is 27.2 Å². The molecule has 1 atom stereocenters. The molecule has 0 fully saturated rings. The van der Waals surface area contributed by atoms with E-state index in [9.17, 15) is 0 Å². The molecule has 21 heavy (non-hydrogen) atoms. The predicted molar refractivity (Wildman–Crippen MR) is 81.6 cm³/mol. The molecule has 1 aliphatic heterocycles. The maximum Gasteiger partial charge on any atom is 0.122 e. The molecule has 3 rings (SSSR count). The van der Waals surface area contributed by atoms with Crippen molar-refractivity contribution in [3.63, 3.8) is 0 Å². The SMILES string of the molecule is CN(C)C[C@@H]1CN(Cc2cnn(C)c2)Cc2nccn2C1. The Balaban J connectivity index is 1.76. The summed E-state index contributed by atoms with van der Waals surface area (Å²) in [6.45, 7) is 5.09. The number of aryl methyl sites for hydroxylation is 1. The summed E-state index contributed by atoms with van der Waals surface area (Å²) in [4.78, 5) is 9.27. The Morgan fingerprint density at radius 1 is 1.33 bits per heavy atom. The molecule has 0 saturated heterocycles. The third kappa shape index (κ3) is 3.51. The van der Waals surface area contributed by atoms with Gasteiger partial charge in [0.2, 0.25) is 0 Å². The van der Waals surface area contributed by atoms with Gasteiger partial charge in [0.25, 0.3) is 0 Å². The normalized spacial score (nSPS) is 19.7. The van der Waals surface area contributed by atoms with Gasteiger partial charge in [-0.25, -0.2) is 4.98 Å². The fraction of sp³-hybridized carbons (Fsp3) is 0.600. The first-order chi connectivity index (χ1) is 10.1. The number of hydrogen-bond donors (Lipinski definition) is 0. The van der Waals surface area contributed by atoms with Crippen LogP contribution in [0.25, 0.3) is 0 Å². The van der Waals surface area contributed by atoms with Crippen LogP contribution in [0.3, 0.4) is 0 Å². The van der Waals surface area contributed by atoms with Crippen molar-refractivity contribution in [2.24, 2.45) is 13.0 Å². The van der Waals surface area contributed by atoms with Gasteiger partial charge in [-0.1, -0.05) is 0 Å². The van der Waals surface area contributed by atoms with Gasteiger partial charge < -0.3 is 9.47 Å². The summed E-state index contributed by atoms with van der Waals surface area (Å²) < 4.78 is 4.17. The van der Waals surface area contributed by atoms with Crippen LogP contribution in [0.5, 0.6) is 0 Å². The molecule has 6 heteroatoms. The van der Waals surface area contributed by atoms with Crippen molar-refractivity contribution in [3.8, 4) is 0 Å². The minimum Gasteiger partial charge on any atom is -0.333 e. The number of nitrogens with zero attached hydrogens (tertiary/aromatic N) is 6. The highest BCUT2D eigenvalue weighted by Crippen LogP contribution is 2.18. The van der Waals surface area contributed by atoms with E-state index in [-0.39, 0.29) is 0 Å². The first-order valence-electron chi connectivity index (χ1n) is 7.45. The van der Waals surface area contributed by atoms with E-state index in [1.807, 2.05) is 24.1 Å². The van der Waals surface area contributed by atoms with Gasteiger partial charge >= 0.3 is 0 Å². The number of fused-ring (bicyclic) bond motifs is 1. The van der Waals surface area contributed by atoms with Gasteiger partial charge in [0.1, 0.15) is 5.82 Å². The van der Waals surface area contributed by atoms with E-state index < -0.39 is 0 Å². The second-order valence-electron chi connectivity index (χ2n) is 6.32. The van der Waals surface area contributed by atoms with Crippen LogP contribution in [-0.2, 0) is 26.7 Å². The van der Waals surface area contributed by atoms with Gasteiger partial charge in [0.15, 0.2) is 0 Å². The van der Waals surface area contributed by atoms with Crippen LogP contribution in [0.2, 0.25) is 0 Å².